The van der Waals surface area contributed by atoms with Crippen molar-refractivity contribution in [3.63, 3.8) is 0 Å². The molecule has 0 fully saturated rings. The van der Waals surface area contributed by atoms with E-state index in [9.17, 15) is 0 Å². The van der Waals surface area contributed by atoms with Gasteiger partial charge in [0.05, 0.1) is 0 Å². The Kier molecular flexibility index (Phi) is 4.78. The third-order valence-electron chi connectivity index (χ3n) is 6.60. The second kappa shape index (κ2) is 8.07. The zero-order valence-electron chi connectivity index (χ0n) is 18.6. The van der Waals surface area contributed by atoms with Crippen molar-refractivity contribution < 1.29 is 0 Å². The van der Waals surface area contributed by atoms with Gasteiger partial charge in [-0.2, -0.15) is 0 Å². The quantitative estimate of drug-likeness (QED) is 0.250. The van der Waals surface area contributed by atoms with Crippen LogP contribution in [0.3, 0.4) is 0 Å². The summed E-state index contributed by atoms with van der Waals surface area (Å²) in [4.78, 5) is 0. The summed E-state index contributed by atoms with van der Waals surface area (Å²) in [6.07, 6.45) is 0. The Balaban J connectivity index is 1.80. The average Bonchev–Trinajstić information content (AvgIpc) is 2.88. The third kappa shape index (κ3) is 3.32. The summed E-state index contributed by atoms with van der Waals surface area (Å²) in [5.41, 5.74) is 8.94. The van der Waals surface area contributed by atoms with Crippen LogP contribution in [0, 0.1) is 6.92 Å². The molecule has 0 heterocycles. The summed E-state index contributed by atoms with van der Waals surface area (Å²) in [6.45, 7) is 2.19. The van der Waals surface area contributed by atoms with Gasteiger partial charge in [-0.05, 0) is 73.5 Å². The molecule has 6 rings (SSSR count). The minimum Gasteiger partial charge on any atom is -0.0622 e. The highest BCUT2D eigenvalue weighted by Crippen LogP contribution is 2.44. The molecular formula is C33H24. The van der Waals surface area contributed by atoms with Crippen LogP contribution < -0.4 is 0 Å². The Labute approximate surface area is 194 Å². The molecule has 33 heavy (non-hydrogen) atoms. The zero-order chi connectivity index (χ0) is 22.2. The van der Waals surface area contributed by atoms with Crippen molar-refractivity contribution in [2.45, 2.75) is 6.92 Å². The molecule has 0 aliphatic heterocycles. The predicted octanol–water partition coefficient (Wildman–Crippen LogP) is 9.30. The van der Waals surface area contributed by atoms with Crippen molar-refractivity contribution in [2.24, 2.45) is 0 Å². The second-order valence-corrected chi connectivity index (χ2v) is 8.60. The summed E-state index contributed by atoms with van der Waals surface area (Å²) in [5, 5.41) is 5.16. The molecule has 0 aliphatic carbocycles. The van der Waals surface area contributed by atoms with Gasteiger partial charge in [0.1, 0.15) is 0 Å². The standard InChI is InChI=1S/C33H24/c1-23-12-8-9-17-27(23)26-20-21-30-31(22-26)33(25-15-6-3-7-16-25)29-19-11-10-18-28(29)32(30)24-13-4-2-5-14-24/h2-22H,1H3. The second-order valence-electron chi connectivity index (χ2n) is 8.60. The number of benzene rings is 6. The average molecular weight is 421 g/mol. The van der Waals surface area contributed by atoms with Gasteiger partial charge in [-0.15, -0.1) is 0 Å². The maximum Gasteiger partial charge on any atom is -0.00262 e. The Morgan fingerprint density at radius 3 is 1.45 bits per heavy atom. The monoisotopic (exact) mass is 420 g/mol. The summed E-state index contributed by atoms with van der Waals surface area (Å²) in [5.74, 6) is 0. The lowest BCUT2D eigenvalue weighted by Crippen LogP contribution is -1.92. The molecule has 0 aromatic heterocycles. The van der Waals surface area contributed by atoms with E-state index in [-0.39, 0.29) is 0 Å². The van der Waals surface area contributed by atoms with Gasteiger partial charge in [-0.3, -0.25) is 0 Å². The van der Waals surface area contributed by atoms with E-state index >= 15 is 0 Å². The van der Waals surface area contributed by atoms with Gasteiger partial charge in [0.2, 0.25) is 0 Å². The van der Waals surface area contributed by atoms with Crippen LogP contribution in [-0.4, -0.2) is 0 Å². The molecule has 6 aromatic rings. The van der Waals surface area contributed by atoms with E-state index in [0.717, 1.165) is 0 Å². The summed E-state index contributed by atoms with van der Waals surface area (Å²) in [7, 11) is 0. The minimum absolute atomic E-state index is 1.25. The van der Waals surface area contributed by atoms with Crippen molar-refractivity contribution in [3.05, 3.63) is 133 Å². The van der Waals surface area contributed by atoms with Gasteiger partial charge in [0, 0.05) is 0 Å². The van der Waals surface area contributed by atoms with Crippen molar-refractivity contribution >= 4 is 21.5 Å². The fraction of sp³-hybridized carbons (Fsp3) is 0.0303. The molecule has 0 heteroatoms. The highest BCUT2D eigenvalue weighted by Gasteiger charge is 2.17. The highest BCUT2D eigenvalue weighted by molar-refractivity contribution is 6.21. The molecule has 0 spiro atoms. The smallest absolute Gasteiger partial charge is 0.00262 e. The molecular weight excluding hydrogens is 396 g/mol. The lowest BCUT2D eigenvalue weighted by atomic mass is 9.84. The number of aryl methyl sites for hydroxylation is 1. The van der Waals surface area contributed by atoms with E-state index in [1.165, 1.54) is 60.5 Å². The van der Waals surface area contributed by atoms with Crippen molar-refractivity contribution in [1.29, 1.82) is 0 Å². The summed E-state index contributed by atoms with van der Waals surface area (Å²) < 4.78 is 0. The SMILES string of the molecule is Cc1ccccc1-c1ccc2c(-c3ccccc3)c3ccccc3c(-c3ccccc3)c2c1. The van der Waals surface area contributed by atoms with Crippen molar-refractivity contribution in [3.8, 4) is 33.4 Å². The van der Waals surface area contributed by atoms with E-state index in [1.54, 1.807) is 0 Å². The molecule has 0 atom stereocenters. The number of rotatable bonds is 3. The van der Waals surface area contributed by atoms with Crippen LogP contribution in [-0.2, 0) is 0 Å². The molecule has 0 bridgehead atoms. The highest BCUT2D eigenvalue weighted by atomic mass is 14.2. The Bertz CT molecular complexity index is 1590. The lowest BCUT2D eigenvalue weighted by Gasteiger charge is -2.19. The van der Waals surface area contributed by atoms with Crippen LogP contribution >= 0.6 is 0 Å². The van der Waals surface area contributed by atoms with Crippen LogP contribution in [0.4, 0.5) is 0 Å². The normalized spacial score (nSPS) is 11.2. The van der Waals surface area contributed by atoms with Gasteiger partial charge in [0.15, 0.2) is 0 Å². The van der Waals surface area contributed by atoms with Crippen LogP contribution in [0.5, 0.6) is 0 Å². The molecule has 0 amide bonds. The Hall–Kier alpha value is -4.16. The molecule has 156 valence electrons. The lowest BCUT2D eigenvalue weighted by molar-refractivity contribution is 1.46. The van der Waals surface area contributed by atoms with Gasteiger partial charge in [-0.25, -0.2) is 0 Å². The van der Waals surface area contributed by atoms with E-state index in [0.29, 0.717) is 0 Å². The topological polar surface area (TPSA) is 0 Å². The van der Waals surface area contributed by atoms with E-state index in [4.69, 9.17) is 0 Å². The van der Waals surface area contributed by atoms with Crippen molar-refractivity contribution in [1.82, 2.24) is 0 Å². The molecule has 0 nitrogen and oxygen atoms in total. The van der Waals surface area contributed by atoms with Gasteiger partial charge in [-0.1, -0.05) is 121 Å². The first kappa shape index (κ1) is 19.5. The molecule has 0 saturated heterocycles. The van der Waals surface area contributed by atoms with Crippen LogP contribution in [0.15, 0.2) is 127 Å². The Morgan fingerprint density at radius 1 is 0.364 bits per heavy atom. The Morgan fingerprint density at radius 2 is 0.848 bits per heavy atom. The largest absolute Gasteiger partial charge is 0.0622 e. The maximum atomic E-state index is 2.39. The number of fused-ring (bicyclic) bond motifs is 2. The minimum atomic E-state index is 1.25. The van der Waals surface area contributed by atoms with Crippen LogP contribution in [0.2, 0.25) is 0 Å². The predicted molar refractivity (Wildman–Crippen MR) is 142 cm³/mol. The first-order chi connectivity index (χ1) is 16.3. The molecule has 0 N–H and O–H groups in total. The third-order valence-corrected chi connectivity index (χ3v) is 6.60. The van der Waals surface area contributed by atoms with Crippen molar-refractivity contribution in [2.75, 3.05) is 0 Å². The van der Waals surface area contributed by atoms with E-state index in [2.05, 4.69) is 134 Å². The first-order valence-corrected chi connectivity index (χ1v) is 11.5. The fourth-order valence-electron chi connectivity index (χ4n) is 5.07. The number of hydrogen-bond acceptors (Lipinski definition) is 0. The molecule has 0 aliphatic rings. The van der Waals surface area contributed by atoms with Crippen LogP contribution in [0.25, 0.3) is 54.9 Å². The van der Waals surface area contributed by atoms with Gasteiger partial charge in [0.25, 0.3) is 0 Å². The van der Waals surface area contributed by atoms with Gasteiger partial charge < -0.3 is 0 Å². The van der Waals surface area contributed by atoms with E-state index in [1.807, 2.05) is 0 Å². The molecule has 6 aromatic carbocycles. The van der Waals surface area contributed by atoms with Crippen LogP contribution in [0.1, 0.15) is 5.56 Å². The maximum absolute atomic E-state index is 2.39. The fourth-order valence-corrected chi connectivity index (χ4v) is 5.07. The number of hydrogen-bond donors (Lipinski definition) is 0. The van der Waals surface area contributed by atoms with E-state index < -0.39 is 0 Å². The zero-order valence-corrected chi connectivity index (χ0v) is 18.6. The summed E-state index contributed by atoms with van der Waals surface area (Å²) >= 11 is 0. The van der Waals surface area contributed by atoms with Gasteiger partial charge >= 0.3 is 0 Å². The molecule has 0 unspecified atom stereocenters. The first-order valence-electron chi connectivity index (χ1n) is 11.5. The summed E-state index contributed by atoms with van der Waals surface area (Å²) in [6, 6.07) is 46.0. The molecule has 0 radical (unpaired) electrons. The molecule has 0 saturated carbocycles.